The Labute approximate surface area is 144 Å². The fourth-order valence-corrected chi connectivity index (χ4v) is 2.56. The van der Waals surface area contributed by atoms with E-state index >= 15 is 0 Å². The molecule has 0 unspecified atom stereocenters. The summed E-state index contributed by atoms with van der Waals surface area (Å²) in [6, 6.07) is 4.01. The number of rotatable bonds is 7. The molecule has 0 saturated carbocycles. The van der Waals surface area contributed by atoms with Crippen molar-refractivity contribution in [3.63, 3.8) is 0 Å². The maximum Gasteiger partial charge on any atom is 0.275 e. The van der Waals surface area contributed by atoms with Crippen molar-refractivity contribution in [2.75, 3.05) is 18.5 Å². The Balaban J connectivity index is 0.00000264. The highest BCUT2D eigenvalue weighted by Crippen LogP contribution is 2.26. The predicted molar refractivity (Wildman–Crippen MR) is 92.3 cm³/mol. The van der Waals surface area contributed by atoms with E-state index in [-0.39, 0.29) is 18.3 Å². The van der Waals surface area contributed by atoms with Crippen LogP contribution in [0.5, 0.6) is 5.75 Å². The molecule has 23 heavy (non-hydrogen) atoms. The summed E-state index contributed by atoms with van der Waals surface area (Å²) in [5, 5.41) is 5.19. The van der Waals surface area contributed by atoms with Gasteiger partial charge in [0.05, 0.1) is 17.3 Å². The van der Waals surface area contributed by atoms with Gasteiger partial charge in [0, 0.05) is 17.9 Å². The Morgan fingerprint density at radius 1 is 1.48 bits per heavy atom. The number of hydrogen-bond acceptors (Lipinski definition) is 5. The molecule has 0 aliphatic rings. The minimum absolute atomic E-state index is 0. The van der Waals surface area contributed by atoms with Crippen LogP contribution >= 0.6 is 23.7 Å². The molecular formula is C15H19ClFN3O2S. The van der Waals surface area contributed by atoms with Crippen LogP contribution in [0.4, 0.5) is 10.1 Å². The fourth-order valence-electron chi connectivity index (χ4n) is 1.77. The van der Waals surface area contributed by atoms with Gasteiger partial charge in [-0.2, -0.15) is 0 Å². The zero-order chi connectivity index (χ0) is 15.9. The summed E-state index contributed by atoms with van der Waals surface area (Å²) < 4.78 is 18.8. The molecule has 0 aliphatic heterocycles. The molecule has 1 aromatic carbocycles. The molecule has 0 bridgehead atoms. The number of carbonyl (C=O) groups excluding carboxylic acids is 1. The average molecular weight is 360 g/mol. The van der Waals surface area contributed by atoms with E-state index in [1.165, 1.54) is 29.5 Å². The van der Waals surface area contributed by atoms with Crippen molar-refractivity contribution in [1.82, 2.24) is 4.98 Å². The molecule has 0 fully saturated rings. The van der Waals surface area contributed by atoms with Gasteiger partial charge in [0.15, 0.2) is 0 Å². The van der Waals surface area contributed by atoms with Crippen LogP contribution in [0.2, 0.25) is 0 Å². The van der Waals surface area contributed by atoms with Gasteiger partial charge in [-0.3, -0.25) is 4.79 Å². The van der Waals surface area contributed by atoms with Crippen LogP contribution in [0.25, 0.3) is 0 Å². The normalized spacial score (nSPS) is 10.0. The van der Waals surface area contributed by atoms with E-state index in [0.717, 1.165) is 11.4 Å². The van der Waals surface area contributed by atoms with Gasteiger partial charge in [0.1, 0.15) is 17.3 Å². The number of anilines is 1. The minimum atomic E-state index is -0.414. The molecule has 0 atom stereocenters. The molecule has 1 aromatic heterocycles. The van der Waals surface area contributed by atoms with E-state index in [0.29, 0.717) is 36.7 Å². The molecule has 1 heterocycles. The lowest BCUT2D eigenvalue weighted by molar-refractivity contribution is 0.102. The predicted octanol–water partition coefficient (Wildman–Crippen LogP) is 3.25. The Morgan fingerprint density at radius 2 is 2.26 bits per heavy atom. The van der Waals surface area contributed by atoms with Gasteiger partial charge in [-0.25, -0.2) is 9.37 Å². The van der Waals surface area contributed by atoms with E-state index in [9.17, 15) is 9.18 Å². The maximum absolute atomic E-state index is 13.3. The first-order valence-corrected chi connectivity index (χ1v) is 7.90. The number of nitrogens with one attached hydrogen (secondary N) is 1. The number of carbonyl (C=O) groups is 1. The summed E-state index contributed by atoms with van der Waals surface area (Å²) in [5.41, 5.74) is 6.21. The summed E-state index contributed by atoms with van der Waals surface area (Å²) in [5.74, 6) is -0.455. The minimum Gasteiger partial charge on any atom is -0.491 e. The highest BCUT2D eigenvalue weighted by atomic mass is 35.5. The number of aromatic nitrogens is 1. The van der Waals surface area contributed by atoms with E-state index in [1.807, 2.05) is 6.92 Å². The highest BCUT2D eigenvalue weighted by molar-refractivity contribution is 7.09. The molecule has 0 aliphatic carbocycles. The summed E-state index contributed by atoms with van der Waals surface area (Å²) in [6.07, 6.45) is 1.43. The molecule has 0 radical (unpaired) electrons. The van der Waals surface area contributed by atoms with Crippen LogP contribution in [0, 0.1) is 5.82 Å². The van der Waals surface area contributed by atoms with Crippen molar-refractivity contribution in [3.8, 4) is 5.75 Å². The molecule has 8 heteroatoms. The molecule has 126 valence electrons. The van der Waals surface area contributed by atoms with Gasteiger partial charge in [-0.15, -0.1) is 23.7 Å². The van der Waals surface area contributed by atoms with Gasteiger partial charge >= 0.3 is 0 Å². The summed E-state index contributed by atoms with van der Waals surface area (Å²) in [7, 11) is 0. The van der Waals surface area contributed by atoms with Crippen molar-refractivity contribution in [3.05, 3.63) is 40.1 Å². The molecule has 1 amide bonds. The molecule has 2 aromatic rings. The van der Waals surface area contributed by atoms with Crippen molar-refractivity contribution in [2.24, 2.45) is 5.73 Å². The lowest BCUT2D eigenvalue weighted by Gasteiger charge is -2.11. The summed E-state index contributed by atoms with van der Waals surface area (Å²) in [4.78, 5) is 16.4. The van der Waals surface area contributed by atoms with Crippen molar-refractivity contribution in [2.45, 2.75) is 19.8 Å². The van der Waals surface area contributed by atoms with Gasteiger partial charge in [-0.1, -0.05) is 6.92 Å². The number of benzene rings is 1. The number of hydrogen-bond donors (Lipinski definition) is 2. The fraction of sp³-hybridized carbons (Fsp3) is 0.333. The van der Waals surface area contributed by atoms with Gasteiger partial charge < -0.3 is 15.8 Å². The number of nitrogens with two attached hydrogens (primary N) is 1. The van der Waals surface area contributed by atoms with Crippen molar-refractivity contribution < 1.29 is 13.9 Å². The lowest BCUT2D eigenvalue weighted by Crippen LogP contribution is -2.14. The smallest absolute Gasteiger partial charge is 0.275 e. The largest absolute Gasteiger partial charge is 0.491 e. The quantitative estimate of drug-likeness (QED) is 0.795. The number of amides is 1. The second-order valence-electron chi connectivity index (χ2n) is 4.61. The second-order valence-corrected chi connectivity index (χ2v) is 5.55. The first-order valence-electron chi connectivity index (χ1n) is 7.02. The van der Waals surface area contributed by atoms with Crippen LogP contribution in [0.1, 0.15) is 28.8 Å². The first kappa shape index (κ1) is 19.3. The second kappa shape index (κ2) is 9.44. The third-order valence-corrected chi connectivity index (χ3v) is 3.70. The molecular weight excluding hydrogens is 341 g/mol. The molecule has 0 saturated heterocycles. The van der Waals surface area contributed by atoms with Crippen LogP contribution < -0.4 is 15.8 Å². The molecule has 0 spiro atoms. The van der Waals surface area contributed by atoms with E-state index in [2.05, 4.69) is 10.3 Å². The number of halogens is 2. The Kier molecular flexibility index (Phi) is 7.94. The highest BCUT2D eigenvalue weighted by Gasteiger charge is 2.14. The summed E-state index contributed by atoms with van der Waals surface area (Å²) in [6.45, 7) is 2.89. The first-order chi connectivity index (χ1) is 10.6. The van der Waals surface area contributed by atoms with Crippen molar-refractivity contribution in [1.29, 1.82) is 0 Å². The Bertz CT molecular complexity index is 651. The van der Waals surface area contributed by atoms with E-state index in [1.54, 1.807) is 5.38 Å². The SMILES string of the molecule is CCCOc1cc(F)ccc1NC(=O)c1csc(CCN)n1.Cl. The summed E-state index contributed by atoms with van der Waals surface area (Å²) >= 11 is 1.39. The van der Waals surface area contributed by atoms with E-state index < -0.39 is 5.82 Å². The van der Waals surface area contributed by atoms with Crippen LogP contribution in [0.15, 0.2) is 23.6 Å². The topological polar surface area (TPSA) is 77.2 Å². The van der Waals surface area contributed by atoms with Crippen LogP contribution in [-0.2, 0) is 6.42 Å². The van der Waals surface area contributed by atoms with Crippen molar-refractivity contribution >= 4 is 35.3 Å². The number of nitrogens with zero attached hydrogens (tertiary/aromatic N) is 1. The lowest BCUT2D eigenvalue weighted by atomic mass is 10.2. The third kappa shape index (κ3) is 5.46. The zero-order valence-corrected chi connectivity index (χ0v) is 14.3. The molecule has 3 N–H and O–H groups in total. The molecule has 2 rings (SSSR count). The number of thiazole rings is 1. The van der Waals surface area contributed by atoms with Crippen LogP contribution in [-0.4, -0.2) is 24.0 Å². The average Bonchev–Trinajstić information content (AvgIpc) is 2.96. The number of ether oxygens (including phenoxy) is 1. The molecule has 5 nitrogen and oxygen atoms in total. The zero-order valence-electron chi connectivity index (χ0n) is 12.7. The maximum atomic E-state index is 13.3. The van der Waals surface area contributed by atoms with Gasteiger partial charge in [0.25, 0.3) is 5.91 Å². The Morgan fingerprint density at radius 3 is 2.96 bits per heavy atom. The third-order valence-electron chi connectivity index (χ3n) is 2.80. The Hall–Kier alpha value is -1.70. The standard InChI is InChI=1S/C15H18FN3O2S.ClH/c1-2-7-21-13-8-10(16)3-4-11(13)19-15(20)12-9-22-14(18-12)5-6-17;/h3-4,8-9H,2,5-7,17H2,1H3,(H,19,20);1H. The van der Waals surface area contributed by atoms with E-state index in [4.69, 9.17) is 10.5 Å². The van der Waals surface area contributed by atoms with Gasteiger partial charge in [-0.05, 0) is 25.1 Å². The van der Waals surface area contributed by atoms with Crippen LogP contribution in [0.3, 0.4) is 0 Å². The van der Waals surface area contributed by atoms with Gasteiger partial charge in [0.2, 0.25) is 0 Å². The monoisotopic (exact) mass is 359 g/mol.